The van der Waals surface area contributed by atoms with E-state index in [0.29, 0.717) is 17.2 Å². The molecule has 5 nitrogen and oxygen atoms in total. The highest BCUT2D eigenvalue weighted by atomic mass is 16.5. The number of benzene rings is 2. The molecule has 0 bridgehead atoms. The molecule has 0 unspecified atom stereocenters. The van der Waals surface area contributed by atoms with Crippen LogP contribution in [0.25, 0.3) is 16.5 Å². The number of carbonyl (C=O) groups excluding carboxylic acids is 1. The molecule has 2 aromatic carbocycles. The van der Waals surface area contributed by atoms with Crippen molar-refractivity contribution in [1.29, 1.82) is 0 Å². The van der Waals surface area contributed by atoms with Gasteiger partial charge in [0.2, 0.25) is 5.91 Å². The summed E-state index contributed by atoms with van der Waals surface area (Å²) in [6.07, 6.45) is 3.26. The van der Waals surface area contributed by atoms with Gasteiger partial charge in [-0.1, -0.05) is 6.07 Å². The first-order valence-corrected chi connectivity index (χ1v) is 8.21. The molecule has 0 aliphatic carbocycles. The highest BCUT2D eigenvalue weighted by molar-refractivity contribution is 6.04. The standard InChI is InChI=1S/C21H21NO4/c1-13(8-21(23)22-15-6-5-7-16(9-15)24-3)17-10-18-14(2)12-26-20(18)11-19(17)25-4/h5-12H,1-4H3,(H,22,23)/b13-8+. The van der Waals surface area contributed by atoms with Gasteiger partial charge in [0, 0.05) is 34.8 Å². The van der Waals surface area contributed by atoms with E-state index in [1.54, 1.807) is 32.6 Å². The Morgan fingerprint density at radius 2 is 1.96 bits per heavy atom. The Labute approximate surface area is 152 Å². The molecule has 3 aromatic rings. The van der Waals surface area contributed by atoms with Gasteiger partial charge in [0.15, 0.2) is 0 Å². The second-order valence-corrected chi connectivity index (χ2v) is 6.02. The summed E-state index contributed by atoms with van der Waals surface area (Å²) in [5.74, 6) is 1.13. The molecule has 0 fully saturated rings. The average Bonchev–Trinajstić information content (AvgIpc) is 3.00. The first-order valence-electron chi connectivity index (χ1n) is 8.21. The van der Waals surface area contributed by atoms with Gasteiger partial charge >= 0.3 is 0 Å². The molecular formula is C21H21NO4. The van der Waals surface area contributed by atoms with E-state index in [9.17, 15) is 4.79 Å². The summed E-state index contributed by atoms with van der Waals surface area (Å²) in [6, 6.07) is 11.0. The fraction of sp³-hybridized carbons (Fsp3) is 0.190. The van der Waals surface area contributed by atoms with Gasteiger partial charge in [0.25, 0.3) is 0 Å². The maximum atomic E-state index is 12.4. The molecule has 1 aromatic heterocycles. The van der Waals surface area contributed by atoms with Crippen LogP contribution < -0.4 is 14.8 Å². The maximum absolute atomic E-state index is 12.4. The summed E-state index contributed by atoms with van der Waals surface area (Å²) >= 11 is 0. The molecule has 3 rings (SSSR count). The van der Waals surface area contributed by atoms with Gasteiger partial charge in [-0.15, -0.1) is 0 Å². The molecule has 134 valence electrons. The highest BCUT2D eigenvalue weighted by Crippen LogP contribution is 2.33. The van der Waals surface area contributed by atoms with E-state index < -0.39 is 0 Å². The third kappa shape index (κ3) is 3.57. The number of carbonyl (C=O) groups is 1. The first-order chi connectivity index (χ1) is 12.5. The lowest BCUT2D eigenvalue weighted by Crippen LogP contribution is -2.08. The van der Waals surface area contributed by atoms with Crippen molar-refractivity contribution >= 4 is 28.1 Å². The number of fused-ring (bicyclic) bond motifs is 1. The molecule has 0 spiro atoms. The van der Waals surface area contributed by atoms with Crippen molar-refractivity contribution in [2.45, 2.75) is 13.8 Å². The molecule has 1 amide bonds. The third-order valence-corrected chi connectivity index (χ3v) is 4.20. The zero-order valence-corrected chi connectivity index (χ0v) is 15.3. The van der Waals surface area contributed by atoms with Crippen LogP contribution >= 0.6 is 0 Å². The number of rotatable bonds is 5. The van der Waals surface area contributed by atoms with Crippen LogP contribution in [0.15, 0.2) is 53.2 Å². The van der Waals surface area contributed by atoms with E-state index in [4.69, 9.17) is 13.9 Å². The van der Waals surface area contributed by atoms with Gasteiger partial charge in [-0.2, -0.15) is 0 Å². The van der Waals surface area contributed by atoms with Gasteiger partial charge in [-0.25, -0.2) is 0 Å². The lowest BCUT2D eigenvalue weighted by molar-refractivity contribution is -0.111. The van der Waals surface area contributed by atoms with E-state index in [2.05, 4.69) is 5.32 Å². The number of anilines is 1. The number of allylic oxidation sites excluding steroid dienone is 1. The number of methoxy groups -OCH3 is 2. The van der Waals surface area contributed by atoms with Gasteiger partial charge in [-0.05, 0) is 43.2 Å². The second-order valence-electron chi connectivity index (χ2n) is 6.02. The minimum absolute atomic E-state index is 0.221. The number of hydrogen-bond acceptors (Lipinski definition) is 4. The van der Waals surface area contributed by atoms with Crippen molar-refractivity contribution in [3.63, 3.8) is 0 Å². The first kappa shape index (κ1) is 17.6. The van der Waals surface area contributed by atoms with E-state index >= 15 is 0 Å². The van der Waals surface area contributed by atoms with Gasteiger partial charge in [0.1, 0.15) is 17.1 Å². The zero-order valence-electron chi connectivity index (χ0n) is 15.3. The molecular weight excluding hydrogens is 330 g/mol. The molecule has 0 aliphatic heterocycles. The van der Waals surface area contributed by atoms with Gasteiger partial charge in [0.05, 0.1) is 20.5 Å². The monoisotopic (exact) mass is 351 g/mol. The Bertz CT molecular complexity index is 985. The van der Waals surface area contributed by atoms with Crippen LogP contribution in [-0.2, 0) is 4.79 Å². The summed E-state index contributed by atoms with van der Waals surface area (Å²) < 4.78 is 16.2. The smallest absolute Gasteiger partial charge is 0.248 e. The topological polar surface area (TPSA) is 60.7 Å². The number of furan rings is 1. The van der Waals surface area contributed by atoms with Crippen LogP contribution in [0.3, 0.4) is 0 Å². The number of amides is 1. The minimum atomic E-state index is -0.221. The van der Waals surface area contributed by atoms with Crippen molar-refractivity contribution in [3.05, 3.63) is 59.9 Å². The fourth-order valence-electron chi connectivity index (χ4n) is 2.81. The highest BCUT2D eigenvalue weighted by Gasteiger charge is 2.12. The Morgan fingerprint density at radius 1 is 1.15 bits per heavy atom. The minimum Gasteiger partial charge on any atom is -0.497 e. The Hall–Kier alpha value is -3.21. The second kappa shape index (κ2) is 7.35. The van der Waals surface area contributed by atoms with Gasteiger partial charge < -0.3 is 19.2 Å². The predicted octanol–water partition coefficient (Wildman–Crippen LogP) is 4.80. The van der Waals surface area contributed by atoms with Crippen LogP contribution in [0.1, 0.15) is 18.1 Å². The van der Waals surface area contributed by atoms with Crippen LogP contribution in [0.5, 0.6) is 11.5 Å². The molecule has 0 saturated carbocycles. The SMILES string of the molecule is COc1cccc(NC(=O)/C=C(\C)c2cc3c(C)coc3cc2OC)c1. The van der Waals surface area contributed by atoms with E-state index in [1.165, 1.54) is 0 Å². The summed E-state index contributed by atoms with van der Waals surface area (Å²) in [6.45, 7) is 3.86. The zero-order chi connectivity index (χ0) is 18.7. The van der Waals surface area contributed by atoms with E-state index in [0.717, 1.165) is 27.7 Å². The van der Waals surface area contributed by atoms with Gasteiger partial charge in [-0.3, -0.25) is 4.79 Å². The van der Waals surface area contributed by atoms with E-state index in [-0.39, 0.29) is 5.91 Å². The normalized spacial score (nSPS) is 11.5. The number of ether oxygens (including phenoxy) is 2. The van der Waals surface area contributed by atoms with Crippen molar-refractivity contribution in [2.75, 3.05) is 19.5 Å². The summed E-state index contributed by atoms with van der Waals surface area (Å²) in [7, 11) is 3.19. The molecule has 1 N–H and O–H groups in total. The number of nitrogens with one attached hydrogen (secondary N) is 1. The molecule has 0 radical (unpaired) electrons. The summed E-state index contributed by atoms with van der Waals surface area (Å²) in [5.41, 5.74) is 4.12. The van der Waals surface area contributed by atoms with Crippen molar-refractivity contribution in [1.82, 2.24) is 0 Å². The maximum Gasteiger partial charge on any atom is 0.248 e. The molecule has 1 heterocycles. The Kier molecular flexibility index (Phi) is 4.98. The molecule has 26 heavy (non-hydrogen) atoms. The largest absolute Gasteiger partial charge is 0.497 e. The molecule has 0 saturated heterocycles. The van der Waals surface area contributed by atoms with Crippen LogP contribution in [0.2, 0.25) is 0 Å². The van der Waals surface area contributed by atoms with Crippen LogP contribution in [0, 0.1) is 6.92 Å². The fourth-order valence-corrected chi connectivity index (χ4v) is 2.81. The third-order valence-electron chi connectivity index (χ3n) is 4.20. The Balaban J connectivity index is 1.89. The number of hydrogen-bond donors (Lipinski definition) is 1. The quantitative estimate of drug-likeness (QED) is 0.671. The average molecular weight is 351 g/mol. The van der Waals surface area contributed by atoms with E-state index in [1.807, 2.05) is 44.2 Å². The van der Waals surface area contributed by atoms with Crippen LogP contribution in [0.4, 0.5) is 5.69 Å². The van der Waals surface area contributed by atoms with Crippen LogP contribution in [-0.4, -0.2) is 20.1 Å². The lowest BCUT2D eigenvalue weighted by atomic mass is 10.0. The van der Waals surface area contributed by atoms with Crippen molar-refractivity contribution in [3.8, 4) is 11.5 Å². The lowest BCUT2D eigenvalue weighted by Gasteiger charge is -2.10. The summed E-state index contributed by atoms with van der Waals surface area (Å²) in [5, 5.41) is 3.85. The molecule has 0 atom stereocenters. The molecule has 0 aliphatic rings. The predicted molar refractivity (Wildman–Crippen MR) is 103 cm³/mol. The number of aryl methyl sites for hydroxylation is 1. The Morgan fingerprint density at radius 3 is 2.69 bits per heavy atom. The summed E-state index contributed by atoms with van der Waals surface area (Å²) in [4.78, 5) is 12.4. The van der Waals surface area contributed by atoms with Crippen molar-refractivity contribution < 1.29 is 18.7 Å². The molecule has 5 heteroatoms. The van der Waals surface area contributed by atoms with Crippen molar-refractivity contribution in [2.24, 2.45) is 0 Å².